The standard InChI is InChI=1S/C24H48N2/c1-2-3-4-5-6-7-8-9-10-11-12-13-14-16-20-25-21-19-24-26-22-17-15-18-23-26/h19,24-25H,2-18,20-23H2,1H3. The summed E-state index contributed by atoms with van der Waals surface area (Å²) >= 11 is 0. The molecule has 0 radical (unpaired) electrons. The summed E-state index contributed by atoms with van der Waals surface area (Å²) in [6.45, 7) is 7.04. The number of likely N-dealkylation sites (tertiary alicyclic amines) is 1. The highest BCUT2D eigenvalue weighted by Gasteiger charge is 2.04. The molecule has 2 heteroatoms. The van der Waals surface area contributed by atoms with Gasteiger partial charge in [-0.1, -0.05) is 96.5 Å². The first kappa shape index (κ1) is 23.5. The Kier molecular flexibility index (Phi) is 17.4. The van der Waals surface area contributed by atoms with Gasteiger partial charge in [0.15, 0.2) is 0 Å². The van der Waals surface area contributed by atoms with E-state index in [1.54, 1.807) is 0 Å². The maximum atomic E-state index is 3.55. The van der Waals surface area contributed by atoms with Crippen molar-refractivity contribution >= 4 is 0 Å². The molecule has 1 N–H and O–H groups in total. The van der Waals surface area contributed by atoms with Gasteiger partial charge >= 0.3 is 0 Å². The molecule has 1 heterocycles. The molecular formula is C24H48N2. The van der Waals surface area contributed by atoms with Crippen molar-refractivity contribution in [2.45, 2.75) is 116 Å². The van der Waals surface area contributed by atoms with E-state index in [1.807, 2.05) is 0 Å². The van der Waals surface area contributed by atoms with Crippen LogP contribution in [0.25, 0.3) is 0 Å². The molecule has 26 heavy (non-hydrogen) atoms. The van der Waals surface area contributed by atoms with E-state index < -0.39 is 0 Å². The summed E-state index contributed by atoms with van der Waals surface area (Å²) in [4.78, 5) is 2.47. The lowest BCUT2D eigenvalue weighted by molar-refractivity contribution is 0.309. The van der Waals surface area contributed by atoms with Crippen LogP contribution in [0.3, 0.4) is 0 Å². The summed E-state index contributed by atoms with van der Waals surface area (Å²) in [6, 6.07) is 0. The van der Waals surface area contributed by atoms with Gasteiger partial charge in [0.05, 0.1) is 0 Å². The summed E-state index contributed by atoms with van der Waals surface area (Å²) in [5, 5.41) is 3.55. The first-order valence-electron chi connectivity index (χ1n) is 12.0. The topological polar surface area (TPSA) is 15.3 Å². The Labute approximate surface area is 165 Å². The molecule has 1 aliphatic rings. The Morgan fingerprint density at radius 3 is 1.69 bits per heavy atom. The number of nitrogens with zero attached hydrogens (tertiary/aromatic N) is 1. The largest absolute Gasteiger partial charge is 0.378 e. The Balaban J connectivity index is 1.69. The third-order valence-electron chi connectivity index (χ3n) is 5.68. The van der Waals surface area contributed by atoms with Crippen LogP contribution in [-0.2, 0) is 0 Å². The average Bonchev–Trinajstić information content (AvgIpc) is 2.68. The molecule has 1 aliphatic heterocycles. The van der Waals surface area contributed by atoms with Crippen LogP contribution >= 0.6 is 0 Å². The van der Waals surface area contributed by atoms with Crippen LogP contribution in [0.15, 0.2) is 12.3 Å². The zero-order chi connectivity index (χ0) is 18.5. The number of nitrogens with one attached hydrogen (secondary N) is 1. The second-order valence-corrected chi connectivity index (χ2v) is 8.28. The molecule has 0 bridgehead atoms. The van der Waals surface area contributed by atoms with E-state index in [2.05, 4.69) is 29.4 Å². The van der Waals surface area contributed by atoms with Crippen molar-refractivity contribution in [2.75, 3.05) is 26.2 Å². The fraction of sp³-hybridized carbons (Fsp3) is 0.917. The van der Waals surface area contributed by atoms with Crippen LogP contribution in [0.1, 0.15) is 116 Å². The number of hydrogen-bond acceptors (Lipinski definition) is 2. The van der Waals surface area contributed by atoms with E-state index in [0.29, 0.717) is 0 Å². The van der Waals surface area contributed by atoms with Crippen molar-refractivity contribution in [3.05, 3.63) is 12.3 Å². The van der Waals surface area contributed by atoms with Gasteiger partial charge in [0.1, 0.15) is 0 Å². The predicted octanol–water partition coefficient (Wildman–Crippen LogP) is 7.06. The van der Waals surface area contributed by atoms with Gasteiger partial charge < -0.3 is 10.2 Å². The molecule has 0 aromatic heterocycles. The fourth-order valence-electron chi connectivity index (χ4n) is 3.90. The van der Waals surface area contributed by atoms with Crippen molar-refractivity contribution in [3.8, 4) is 0 Å². The molecular weight excluding hydrogens is 316 g/mol. The maximum Gasteiger partial charge on any atom is 0.0172 e. The van der Waals surface area contributed by atoms with E-state index >= 15 is 0 Å². The van der Waals surface area contributed by atoms with Crippen LogP contribution in [0.2, 0.25) is 0 Å². The number of unbranched alkanes of at least 4 members (excludes halogenated alkanes) is 13. The van der Waals surface area contributed by atoms with E-state index in [0.717, 1.165) is 6.54 Å². The second kappa shape index (κ2) is 19.3. The summed E-state index contributed by atoms with van der Waals surface area (Å²) < 4.78 is 0. The normalized spacial score (nSPS) is 15.2. The van der Waals surface area contributed by atoms with Crippen LogP contribution in [-0.4, -0.2) is 31.1 Å². The highest BCUT2D eigenvalue weighted by molar-refractivity contribution is 4.85. The maximum absolute atomic E-state index is 3.55. The molecule has 0 aromatic carbocycles. The molecule has 1 rings (SSSR count). The minimum absolute atomic E-state index is 1.04. The lowest BCUT2D eigenvalue weighted by atomic mass is 10.0. The van der Waals surface area contributed by atoms with Gasteiger partial charge in [0.25, 0.3) is 0 Å². The highest BCUT2D eigenvalue weighted by Crippen LogP contribution is 2.12. The van der Waals surface area contributed by atoms with E-state index in [9.17, 15) is 0 Å². The Morgan fingerprint density at radius 1 is 0.654 bits per heavy atom. The van der Waals surface area contributed by atoms with Crippen molar-refractivity contribution in [3.63, 3.8) is 0 Å². The molecule has 154 valence electrons. The van der Waals surface area contributed by atoms with Crippen molar-refractivity contribution in [1.29, 1.82) is 0 Å². The summed E-state index contributed by atoms with van der Waals surface area (Å²) in [5.41, 5.74) is 0. The first-order valence-corrected chi connectivity index (χ1v) is 12.0. The fourth-order valence-corrected chi connectivity index (χ4v) is 3.90. The monoisotopic (exact) mass is 364 g/mol. The van der Waals surface area contributed by atoms with Crippen molar-refractivity contribution in [1.82, 2.24) is 10.2 Å². The SMILES string of the molecule is CCCCCCCCCCCCCCCCNCC=CN1CCCCC1. The van der Waals surface area contributed by atoms with Crippen LogP contribution in [0.5, 0.6) is 0 Å². The van der Waals surface area contributed by atoms with Crippen molar-refractivity contribution < 1.29 is 0 Å². The third kappa shape index (κ3) is 15.7. The van der Waals surface area contributed by atoms with Gasteiger partial charge in [-0.05, 0) is 38.4 Å². The zero-order valence-corrected chi connectivity index (χ0v) is 18.0. The quantitative estimate of drug-likeness (QED) is 0.262. The van der Waals surface area contributed by atoms with Gasteiger partial charge in [-0.2, -0.15) is 0 Å². The molecule has 0 unspecified atom stereocenters. The summed E-state index contributed by atoms with van der Waals surface area (Å²) in [6.07, 6.45) is 28.9. The number of hydrogen-bond donors (Lipinski definition) is 1. The van der Waals surface area contributed by atoms with Gasteiger partial charge in [-0.15, -0.1) is 0 Å². The Morgan fingerprint density at radius 2 is 1.15 bits per heavy atom. The van der Waals surface area contributed by atoms with Gasteiger partial charge in [0.2, 0.25) is 0 Å². The third-order valence-corrected chi connectivity index (χ3v) is 5.68. The minimum Gasteiger partial charge on any atom is -0.378 e. The molecule has 0 atom stereocenters. The predicted molar refractivity (Wildman–Crippen MR) is 118 cm³/mol. The molecule has 0 spiro atoms. The molecule has 0 aromatic rings. The first-order chi connectivity index (χ1) is 12.9. The van der Waals surface area contributed by atoms with E-state index in [4.69, 9.17) is 0 Å². The highest BCUT2D eigenvalue weighted by atomic mass is 15.1. The van der Waals surface area contributed by atoms with Gasteiger partial charge in [-0.3, -0.25) is 0 Å². The molecule has 2 nitrogen and oxygen atoms in total. The van der Waals surface area contributed by atoms with Crippen LogP contribution < -0.4 is 5.32 Å². The molecule has 0 aliphatic carbocycles. The number of piperidine rings is 1. The smallest absolute Gasteiger partial charge is 0.0172 e. The number of rotatable bonds is 18. The van der Waals surface area contributed by atoms with Gasteiger partial charge in [-0.25, -0.2) is 0 Å². The van der Waals surface area contributed by atoms with Crippen LogP contribution in [0.4, 0.5) is 0 Å². The van der Waals surface area contributed by atoms with Crippen molar-refractivity contribution in [2.24, 2.45) is 0 Å². The zero-order valence-electron chi connectivity index (χ0n) is 18.0. The molecule has 0 amide bonds. The summed E-state index contributed by atoms with van der Waals surface area (Å²) in [7, 11) is 0. The van der Waals surface area contributed by atoms with Gasteiger partial charge in [0, 0.05) is 19.6 Å². The molecule has 1 saturated heterocycles. The van der Waals surface area contributed by atoms with E-state index in [-0.39, 0.29) is 0 Å². The molecule has 1 fully saturated rings. The second-order valence-electron chi connectivity index (χ2n) is 8.28. The van der Waals surface area contributed by atoms with Crippen LogP contribution in [0, 0.1) is 0 Å². The summed E-state index contributed by atoms with van der Waals surface area (Å²) in [5.74, 6) is 0. The lowest BCUT2D eigenvalue weighted by Gasteiger charge is -2.24. The average molecular weight is 365 g/mol. The molecule has 0 saturated carbocycles. The van der Waals surface area contributed by atoms with E-state index in [1.165, 1.54) is 129 Å². The lowest BCUT2D eigenvalue weighted by Crippen LogP contribution is -2.24. The minimum atomic E-state index is 1.04. The Bertz CT molecular complexity index is 295. The Hall–Kier alpha value is -0.500.